The van der Waals surface area contributed by atoms with Crippen molar-refractivity contribution in [1.29, 1.82) is 0 Å². The van der Waals surface area contributed by atoms with Crippen LogP contribution in [0.4, 0.5) is 10.5 Å². The van der Waals surface area contributed by atoms with E-state index in [0.717, 1.165) is 22.5 Å². The number of carbonyl (C=O) groups is 1. The lowest BCUT2D eigenvalue weighted by atomic mass is 10.3. The van der Waals surface area contributed by atoms with Gasteiger partial charge in [-0.25, -0.2) is 9.78 Å². The van der Waals surface area contributed by atoms with E-state index >= 15 is 0 Å². The molecule has 2 N–H and O–H groups in total. The molecule has 5 heteroatoms. The van der Waals surface area contributed by atoms with Gasteiger partial charge in [-0.15, -0.1) is 0 Å². The Balaban J connectivity index is 1.49. The second-order valence-electron chi connectivity index (χ2n) is 5.79. The van der Waals surface area contributed by atoms with Crippen molar-refractivity contribution < 1.29 is 4.79 Å². The first-order valence-corrected chi connectivity index (χ1v) is 7.87. The summed E-state index contributed by atoms with van der Waals surface area (Å²) in [4.78, 5) is 16.7. The minimum Gasteiger partial charge on any atom is -0.331 e. The van der Waals surface area contributed by atoms with Crippen molar-refractivity contribution in [2.24, 2.45) is 0 Å². The molecule has 0 aliphatic heterocycles. The number of para-hydroxylation sites is 3. The summed E-state index contributed by atoms with van der Waals surface area (Å²) in [6.45, 7) is 0.420. The summed E-state index contributed by atoms with van der Waals surface area (Å²) in [7, 11) is 0. The van der Waals surface area contributed by atoms with Gasteiger partial charge < -0.3 is 15.2 Å². The highest BCUT2D eigenvalue weighted by Gasteiger charge is 2.28. The number of imidazole rings is 1. The van der Waals surface area contributed by atoms with Crippen LogP contribution in [0.25, 0.3) is 11.0 Å². The van der Waals surface area contributed by atoms with Crippen molar-refractivity contribution in [3.05, 3.63) is 60.4 Å². The Morgan fingerprint density at radius 1 is 1.09 bits per heavy atom. The van der Waals surface area contributed by atoms with Gasteiger partial charge in [0.2, 0.25) is 0 Å². The van der Waals surface area contributed by atoms with Crippen LogP contribution in [0, 0.1) is 0 Å². The summed E-state index contributed by atoms with van der Waals surface area (Å²) < 4.78 is 2.26. The quantitative estimate of drug-likeness (QED) is 0.772. The van der Waals surface area contributed by atoms with E-state index in [9.17, 15) is 4.79 Å². The number of urea groups is 1. The molecule has 23 heavy (non-hydrogen) atoms. The number of hydrogen-bond donors (Lipinski definition) is 2. The Bertz CT molecular complexity index is 837. The largest absolute Gasteiger partial charge is 0.331 e. The van der Waals surface area contributed by atoms with Crippen LogP contribution in [-0.4, -0.2) is 15.6 Å². The lowest BCUT2D eigenvalue weighted by Gasteiger charge is -2.10. The molecule has 0 spiro atoms. The molecule has 0 radical (unpaired) electrons. The zero-order valence-corrected chi connectivity index (χ0v) is 12.7. The van der Waals surface area contributed by atoms with E-state index in [-0.39, 0.29) is 6.03 Å². The summed E-state index contributed by atoms with van der Waals surface area (Å²) in [6, 6.07) is 17.9. The molecule has 1 aliphatic rings. The molecule has 0 bridgehead atoms. The third kappa shape index (κ3) is 2.90. The average Bonchev–Trinajstić information content (AvgIpc) is 3.34. The Kier molecular flexibility index (Phi) is 3.46. The lowest BCUT2D eigenvalue weighted by Crippen LogP contribution is -2.29. The molecule has 0 unspecified atom stereocenters. The zero-order valence-electron chi connectivity index (χ0n) is 12.7. The third-order valence-corrected chi connectivity index (χ3v) is 4.02. The fraction of sp³-hybridized carbons (Fsp3) is 0.222. The summed E-state index contributed by atoms with van der Waals surface area (Å²) in [5, 5.41) is 5.72. The smallest absolute Gasteiger partial charge is 0.319 e. The number of aromatic nitrogens is 2. The van der Waals surface area contributed by atoms with Crippen LogP contribution < -0.4 is 10.6 Å². The number of rotatable bonds is 4. The predicted octanol–water partition coefficient (Wildman–Crippen LogP) is 3.69. The molecule has 3 aromatic rings. The molecule has 1 aromatic heterocycles. The highest BCUT2D eigenvalue weighted by Crippen LogP contribution is 2.38. The van der Waals surface area contributed by atoms with E-state index in [4.69, 9.17) is 0 Å². The fourth-order valence-corrected chi connectivity index (χ4v) is 2.82. The summed E-state index contributed by atoms with van der Waals surface area (Å²) >= 11 is 0. The summed E-state index contributed by atoms with van der Waals surface area (Å²) in [5.41, 5.74) is 2.91. The monoisotopic (exact) mass is 306 g/mol. The topological polar surface area (TPSA) is 59.0 Å². The van der Waals surface area contributed by atoms with Crippen molar-refractivity contribution in [1.82, 2.24) is 14.9 Å². The molecule has 2 amide bonds. The molecule has 0 saturated heterocycles. The molecule has 1 aliphatic carbocycles. The van der Waals surface area contributed by atoms with E-state index in [0.29, 0.717) is 12.6 Å². The lowest BCUT2D eigenvalue weighted by molar-refractivity contribution is 0.251. The van der Waals surface area contributed by atoms with E-state index < -0.39 is 0 Å². The standard InChI is InChI=1S/C18H18N4O/c23-18(20-13-6-2-1-3-7-13)19-12-17-21-15-8-4-5-9-16(15)22(17)14-10-11-14/h1-9,14H,10-12H2,(H2,19,20,23). The van der Waals surface area contributed by atoms with Gasteiger partial charge in [-0.2, -0.15) is 0 Å². The fourth-order valence-electron chi connectivity index (χ4n) is 2.82. The van der Waals surface area contributed by atoms with E-state index in [1.165, 1.54) is 12.8 Å². The maximum atomic E-state index is 12.0. The van der Waals surface area contributed by atoms with Crippen LogP contribution in [-0.2, 0) is 6.54 Å². The molecule has 1 saturated carbocycles. The Hall–Kier alpha value is -2.82. The van der Waals surface area contributed by atoms with Gasteiger partial charge in [0.05, 0.1) is 17.6 Å². The second-order valence-corrected chi connectivity index (χ2v) is 5.79. The maximum Gasteiger partial charge on any atom is 0.319 e. The number of benzene rings is 2. The molecule has 1 fully saturated rings. The second kappa shape index (κ2) is 5.76. The van der Waals surface area contributed by atoms with Gasteiger partial charge in [-0.05, 0) is 37.1 Å². The van der Waals surface area contributed by atoms with Gasteiger partial charge in [-0.3, -0.25) is 0 Å². The van der Waals surface area contributed by atoms with Crippen molar-refractivity contribution >= 4 is 22.8 Å². The van der Waals surface area contributed by atoms with Crippen molar-refractivity contribution in [3.63, 3.8) is 0 Å². The molecule has 116 valence electrons. The third-order valence-electron chi connectivity index (χ3n) is 4.02. The Morgan fingerprint density at radius 2 is 1.83 bits per heavy atom. The number of fused-ring (bicyclic) bond motifs is 1. The molecule has 1 heterocycles. The van der Waals surface area contributed by atoms with Crippen LogP contribution in [0.15, 0.2) is 54.6 Å². The minimum absolute atomic E-state index is 0.217. The number of nitrogens with one attached hydrogen (secondary N) is 2. The number of nitrogens with zero attached hydrogens (tertiary/aromatic N) is 2. The van der Waals surface area contributed by atoms with Crippen molar-refractivity contribution in [2.75, 3.05) is 5.32 Å². The SMILES string of the molecule is O=C(NCc1nc2ccccc2n1C1CC1)Nc1ccccc1. The average molecular weight is 306 g/mol. The summed E-state index contributed by atoms with van der Waals surface area (Å²) in [6.07, 6.45) is 2.37. The first-order valence-electron chi connectivity index (χ1n) is 7.87. The zero-order chi connectivity index (χ0) is 15.6. The van der Waals surface area contributed by atoms with E-state index in [2.05, 4.69) is 26.3 Å². The summed E-state index contributed by atoms with van der Waals surface area (Å²) in [5.74, 6) is 0.914. The Morgan fingerprint density at radius 3 is 2.61 bits per heavy atom. The van der Waals surface area contributed by atoms with Crippen LogP contribution in [0.2, 0.25) is 0 Å². The minimum atomic E-state index is -0.217. The number of anilines is 1. The molecular weight excluding hydrogens is 288 g/mol. The van der Waals surface area contributed by atoms with Gasteiger partial charge in [0.25, 0.3) is 0 Å². The van der Waals surface area contributed by atoms with E-state index in [1.807, 2.05) is 48.5 Å². The van der Waals surface area contributed by atoms with E-state index in [1.54, 1.807) is 0 Å². The number of hydrogen-bond acceptors (Lipinski definition) is 2. The molecule has 2 aromatic carbocycles. The first kappa shape index (κ1) is 13.8. The highest BCUT2D eigenvalue weighted by atomic mass is 16.2. The maximum absolute atomic E-state index is 12.0. The molecule has 0 atom stereocenters. The Labute approximate surface area is 134 Å². The van der Waals surface area contributed by atoms with Crippen LogP contribution in [0.3, 0.4) is 0 Å². The van der Waals surface area contributed by atoms with Crippen molar-refractivity contribution in [2.45, 2.75) is 25.4 Å². The van der Waals surface area contributed by atoms with Crippen molar-refractivity contribution in [3.8, 4) is 0 Å². The van der Waals surface area contributed by atoms with Gasteiger partial charge in [0, 0.05) is 11.7 Å². The van der Waals surface area contributed by atoms with Crippen LogP contribution in [0.1, 0.15) is 24.7 Å². The normalized spacial score (nSPS) is 13.9. The van der Waals surface area contributed by atoms with Gasteiger partial charge >= 0.3 is 6.03 Å². The molecular formula is C18H18N4O. The number of carbonyl (C=O) groups excluding carboxylic acids is 1. The van der Waals surface area contributed by atoms with Gasteiger partial charge in [-0.1, -0.05) is 30.3 Å². The van der Waals surface area contributed by atoms with Gasteiger partial charge in [0.15, 0.2) is 0 Å². The van der Waals surface area contributed by atoms with Crippen LogP contribution in [0.5, 0.6) is 0 Å². The molecule has 5 nitrogen and oxygen atoms in total. The van der Waals surface area contributed by atoms with Gasteiger partial charge in [0.1, 0.15) is 5.82 Å². The van der Waals surface area contributed by atoms with Crippen LogP contribution >= 0.6 is 0 Å². The number of amides is 2. The first-order chi connectivity index (χ1) is 11.3. The highest BCUT2D eigenvalue weighted by molar-refractivity contribution is 5.89. The predicted molar refractivity (Wildman–Crippen MR) is 90.3 cm³/mol. The molecule has 4 rings (SSSR count).